The number of amides is 1. The van der Waals surface area contributed by atoms with Gasteiger partial charge in [0.15, 0.2) is 11.5 Å². The van der Waals surface area contributed by atoms with Crippen LogP contribution in [-0.4, -0.2) is 29.0 Å². The minimum Gasteiger partial charge on any atom is -0.458 e. The summed E-state index contributed by atoms with van der Waals surface area (Å²) in [5.41, 5.74) is 1.01. The molecular weight excluding hydrogens is 308 g/mol. The van der Waals surface area contributed by atoms with E-state index in [4.69, 9.17) is 9.15 Å². The fourth-order valence-corrected chi connectivity index (χ4v) is 3.89. The first kappa shape index (κ1) is 15.2. The third-order valence-corrected chi connectivity index (χ3v) is 5.07. The van der Waals surface area contributed by atoms with Crippen LogP contribution < -0.4 is 5.32 Å². The Balaban J connectivity index is 1.37. The van der Waals surface area contributed by atoms with E-state index in [0.717, 1.165) is 36.8 Å². The summed E-state index contributed by atoms with van der Waals surface area (Å²) < 4.78 is 11.2. The Morgan fingerprint density at radius 2 is 2.08 bits per heavy atom. The van der Waals surface area contributed by atoms with Crippen LogP contribution in [0.1, 0.15) is 38.0 Å². The van der Waals surface area contributed by atoms with Gasteiger partial charge in [-0.3, -0.25) is 9.59 Å². The summed E-state index contributed by atoms with van der Waals surface area (Å²) in [6, 6.07) is 7.58. The van der Waals surface area contributed by atoms with Crippen molar-refractivity contribution in [3.63, 3.8) is 0 Å². The van der Waals surface area contributed by atoms with Crippen molar-refractivity contribution in [2.24, 2.45) is 5.92 Å². The summed E-state index contributed by atoms with van der Waals surface area (Å²) in [6.45, 7) is 0.437. The normalized spacial score (nSPS) is 22.2. The van der Waals surface area contributed by atoms with Crippen molar-refractivity contribution in [3.8, 4) is 0 Å². The van der Waals surface area contributed by atoms with Crippen LogP contribution in [0.3, 0.4) is 0 Å². The smallest absolute Gasteiger partial charge is 0.307 e. The van der Waals surface area contributed by atoms with Gasteiger partial charge in [0.1, 0.15) is 11.1 Å². The fraction of sp³-hybridized carbons (Fsp3) is 0.500. The van der Waals surface area contributed by atoms with Crippen LogP contribution >= 0.6 is 0 Å². The number of nitrogens with one attached hydrogen (secondary N) is 1. The number of nitrogens with zero attached hydrogens (tertiary/aromatic N) is 1. The van der Waals surface area contributed by atoms with Gasteiger partial charge in [-0.2, -0.15) is 0 Å². The lowest BCUT2D eigenvalue weighted by Crippen LogP contribution is -2.43. The van der Waals surface area contributed by atoms with E-state index in [9.17, 15) is 9.59 Å². The highest BCUT2D eigenvalue weighted by Gasteiger charge is 2.53. The van der Waals surface area contributed by atoms with Crippen LogP contribution in [0.25, 0.3) is 11.1 Å². The van der Waals surface area contributed by atoms with Crippen LogP contribution in [-0.2, 0) is 20.7 Å². The predicted molar refractivity (Wildman–Crippen MR) is 86.1 cm³/mol. The highest BCUT2D eigenvalue weighted by molar-refractivity contribution is 5.88. The average molecular weight is 328 g/mol. The molecule has 126 valence electrons. The topological polar surface area (TPSA) is 81.4 Å². The molecule has 6 nitrogen and oxygen atoms in total. The average Bonchev–Trinajstić information content (AvgIpc) is 3.26. The Hall–Kier alpha value is -2.37. The molecule has 1 amide bonds. The van der Waals surface area contributed by atoms with Crippen LogP contribution in [0.15, 0.2) is 28.7 Å². The van der Waals surface area contributed by atoms with E-state index in [1.54, 1.807) is 0 Å². The molecule has 1 aromatic heterocycles. The van der Waals surface area contributed by atoms with Gasteiger partial charge in [0.05, 0.1) is 12.3 Å². The van der Waals surface area contributed by atoms with Crippen molar-refractivity contribution in [2.75, 3.05) is 6.54 Å². The van der Waals surface area contributed by atoms with E-state index in [1.807, 2.05) is 24.3 Å². The Bertz CT molecular complexity index is 743. The maximum Gasteiger partial charge on any atom is 0.307 e. The standard InChI is InChI=1S/C18H20N2O4/c21-16-11-12(18(24-16)8-3-4-9-18)17(22)19-10-7-15-20-13-5-1-2-6-14(13)23-15/h1-2,5-6,12H,3-4,7-11H2,(H,19,22). The number of esters is 1. The van der Waals surface area contributed by atoms with E-state index in [0.29, 0.717) is 18.9 Å². The Kier molecular flexibility index (Phi) is 3.75. The molecule has 1 N–H and O–H groups in total. The maximum atomic E-state index is 12.5. The van der Waals surface area contributed by atoms with Gasteiger partial charge in [0.2, 0.25) is 5.91 Å². The van der Waals surface area contributed by atoms with Gasteiger partial charge in [-0.05, 0) is 37.8 Å². The van der Waals surface area contributed by atoms with E-state index in [1.165, 1.54) is 0 Å². The SMILES string of the molecule is O=C1CC(C(=O)NCCc2nc3ccccc3o2)C2(CCCC2)O1. The third kappa shape index (κ3) is 2.66. The summed E-state index contributed by atoms with van der Waals surface area (Å²) in [5.74, 6) is -0.114. The molecule has 1 saturated heterocycles. The summed E-state index contributed by atoms with van der Waals surface area (Å²) in [6.07, 6.45) is 4.33. The number of hydrogen-bond acceptors (Lipinski definition) is 5. The molecule has 1 aliphatic carbocycles. The van der Waals surface area contributed by atoms with Crippen molar-refractivity contribution in [1.29, 1.82) is 0 Å². The van der Waals surface area contributed by atoms with E-state index in [-0.39, 0.29) is 24.2 Å². The molecule has 2 fully saturated rings. The van der Waals surface area contributed by atoms with Gasteiger partial charge in [0.25, 0.3) is 0 Å². The molecule has 2 heterocycles. The lowest BCUT2D eigenvalue weighted by Gasteiger charge is -2.27. The lowest BCUT2D eigenvalue weighted by atomic mass is 9.85. The van der Waals surface area contributed by atoms with Gasteiger partial charge >= 0.3 is 5.97 Å². The second-order valence-electron chi connectivity index (χ2n) is 6.62. The molecule has 1 aromatic carbocycles. The Morgan fingerprint density at radius 3 is 2.88 bits per heavy atom. The van der Waals surface area contributed by atoms with Gasteiger partial charge < -0.3 is 14.5 Å². The van der Waals surface area contributed by atoms with Crippen LogP contribution in [0.5, 0.6) is 0 Å². The molecular formula is C18H20N2O4. The highest BCUT2D eigenvalue weighted by Crippen LogP contribution is 2.45. The van der Waals surface area contributed by atoms with E-state index >= 15 is 0 Å². The molecule has 0 radical (unpaired) electrons. The van der Waals surface area contributed by atoms with E-state index < -0.39 is 5.60 Å². The van der Waals surface area contributed by atoms with Gasteiger partial charge in [0, 0.05) is 13.0 Å². The second-order valence-corrected chi connectivity index (χ2v) is 6.62. The first-order chi connectivity index (χ1) is 11.7. The van der Waals surface area contributed by atoms with Crippen molar-refractivity contribution < 1.29 is 18.7 Å². The molecule has 24 heavy (non-hydrogen) atoms. The quantitative estimate of drug-likeness (QED) is 0.871. The third-order valence-electron chi connectivity index (χ3n) is 5.07. The molecule has 1 unspecified atom stereocenters. The van der Waals surface area contributed by atoms with Crippen molar-refractivity contribution in [2.45, 2.75) is 44.1 Å². The Morgan fingerprint density at radius 1 is 1.29 bits per heavy atom. The van der Waals surface area contributed by atoms with Gasteiger partial charge in [-0.25, -0.2) is 4.98 Å². The molecule has 2 aliphatic rings. The molecule has 1 saturated carbocycles. The minimum atomic E-state index is -0.557. The van der Waals surface area contributed by atoms with E-state index in [2.05, 4.69) is 10.3 Å². The number of para-hydroxylation sites is 2. The van der Waals surface area contributed by atoms with Crippen LogP contribution in [0, 0.1) is 5.92 Å². The predicted octanol–water partition coefficient (Wildman–Crippen LogP) is 2.36. The maximum absolute atomic E-state index is 12.5. The van der Waals surface area contributed by atoms with Crippen molar-refractivity contribution >= 4 is 23.0 Å². The number of carbonyl (C=O) groups excluding carboxylic acids is 2. The molecule has 1 atom stereocenters. The Labute approximate surface area is 139 Å². The summed E-state index contributed by atoms with van der Waals surface area (Å²) in [4.78, 5) is 28.6. The van der Waals surface area contributed by atoms with Crippen molar-refractivity contribution in [1.82, 2.24) is 10.3 Å². The number of rotatable bonds is 4. The molecule has 6 heteroatoms. The first-order valence-electron chi connectivity index (χ1n) is 8.50. The number of ether oxygens (including phenoxy) is 1. The zero-order valence-electron chi connectivity index (χ0n) is 13.4. The largest absolute Gasteiger partial charge is 0.458 e. The van der Waals surface area contributed by atoms with Crippen molar-refractivity contribution in [3.05, 3.63) is 30.2 Å². The highest BCUT2D eigenvalue weighted by atomic mass is 16.6. The number of hydrogen-bond donors (Lipinski definition) is 1. The number of fused-ring (bicyclic) bond motifs is 1. The molecule has 4 rings (SSSR count). The lowest BCUT2D eigenvalue weighted by molar-refractivity contribution is -0.149. The molecule has 0 bridgehead atoms. The fourth-order valence-electron chi connectivity index (χ4n) is 3.89. The first-order valence-corrected chi connectivity index (χ1v) is 8.50. The van der Waals surface area contributed by atoms with Crippen LogP contribution in [0.4, 0.5) is 0 Å². The second kappa shape index (κ2) is 5.92. The zero-order valence-corrected chi connectivity index (χ0v) is 13.4. The zero-order chi connectivity index (χ0) is 16.6. The molecule has 2 aromatic rings. The molecule has 1 aliphatic heterocycles. The number of oxazole rings is 1. The number of benzene rings is 1. The number of aromatic nitrogens is 1. The number of carbonyl (C=O) groups is 2. The summed E-state index contributed by atoms with van der Waals surface area (Å²) in [5, 5.41) is 2.92. The minimum absolute atomic E-state index is 0.0983. The summed E-state index contributed by atoms with van der Waals surface area (Å²) in [7, 11) is 0. The van der Waals surface area contributed by atoms with Crippen LogP contribution in [0.2, 0.25) is 0 Å². The molecule has 1 spiro atoms. The summed E-state index contributed by atoms with van der Waals surface area (Å²) >= 11 is 0. The monoisotopic (exact) mass is 328 g/mol. The van der Waals surface area contributed by atoms with Gasteiger partial charge in [-0.1, -0.05) is 12.1 Å². The van der Waals surface area contributed by atoms with Gasteiger partial charge in [-0.15, -0.1) is 0 Å².